The molecule has 18 heavy (non-hydrogen) atoms. The molecule has 0 spiro atoms. The van der Waals surface area contributed by atoms with Gasteiger partial charge in [-0.1, -0.05) is 12.1 Å². The number of nitrogens with two attached hydrogens (primary N) is 1. The highest BCUT2D eigenvalue weighted by Crippen LogP contribution is 2.25. The van der Waals surface area contributed by atoms with E-state index in [-0.39, 0.29) is 17.9 Å². The second kappa shape index (κ2) is 5.87. The van der Waals surface area contributed by atoms with Crippen molar-refractivity contribution in [2.75, 3.05) is 7.11 Å². The van der Waals surface area contributed by atoms with Crippen molar-refractivity contribution in [3.63, 3.8) is 0 Å². The van der Waals surface area contributed by atoms with Crippen molar-refractivity contribution >= 4 is 5.97 Å². The maximum Gasteiger partial charge on any atom is 0.309 e. The third-order valence-electron chi connectivity index (χ3n) is 3.35. The molecule has 2 unspecified atom stereocenters. The number of benzene rings is 1. The van der Waals surface area contributed by atoms with Crippen molar-refractivity contribution in [1.82, 2.24) is 0 Å². The lowest BCUT2D eigenvalue weighted by Crippen LogP contribution is -2.19. The van der Waals surface area contributed by atoms with Gasteiger partial charge >= 0.3 is 5.97 Å². The van der Waals surface area contributed by atoms with E-state index in [1.165, 1.54) is 0 Å². The van der Waals surface area contributed by atoms with Gasteiger partial charge in [-0.2, -0.15) is 0 Å². The minimum absolute atomic E-state index is 0.0155. The number of ether oxygens (including phenoxy) is 2. The molecule has 0 heterocycles. The van der Waals surface area contributed by atoms with Gasteiger partial charge in [-0.05, 0) is 37.0 Å². The molecule has 98 valence electrons. The van der Waals surface area contributed by atoms with Crippen molar-refractivity contribution < 1.29 is 14.3 Å². The van der Waals surface area contributed by atoms with E-state index in [9.17, 15) is 4.79 Å². The van der Waals surface area contributed by atoms with Crippen LogP contribution >= 0.6 is 0 Å². The monoisotopic (exact) mass is 249 g/mol. The Labute approximate surface area is 107 Å². The number of hydrogen-bond donors (Lipinski definition) is 1. The first-order valence-corrected chi connectivity index (χ1v) is 6.24. The first-order valence-electron chi connectivity index (χ1n) is 6.24. The van der Waals surface area contributed by atoms with Crippen LogP contribution in [0.5, 0.6) is 5.75 Å². The molecule has 0 saturated heterocycles. The Morgan fingerprint density at radius 1 is 1.33 bits per heavy atom. The van der Waals surface area contributed by atoms with Crippen molar-refractivity contribution in [3.05, 3.63) is 29.8 Å². The Morgan fingerprint density at radius 3 is 2.61 bits per heavy atom. The van der Waals surface area contributed by atoms with Crippen LogP contribution in [0.25, 0.3) is 0 Å². The summed E-state index contributed by atoms with van der Waals surface area (Å²) in [5, 5.41) is 0. The van der Waals surface area contributed by atoms with Gasteiger partial charge in [-0.15, -0.1) is 0 Å². The maximum absolute atomic E-state index is 11.8. The highest BCUT2D eigenvalue weighted by molar-refractivity contribution is 5.72. The van der Waals surface area contributed by atoms with Crippen LogP contribution in [-0.2, 0) is 16.1 Å². The molecule has 4 nitrogen and oxygen atoms in total. The smallest absolute Gasteiger partial charge is 0.309 e. The molecular weight excluding hydrogens is 230 g/mol. The number of methoxy groups -OCH3 is 1. The Bertz CT molecular complexity index is 402. The van der Waals surface area contributed by atoms with Crippen molar-refractivity contribution in [2.24, 2.45) is 11.7 Å². The average Bonchev–Trinajstić information content (AvgIpc) is 2.83. The lowest BCUT2D eigenvalue weighted by atomic mass is 10.1. The molecule has 2 atom stereocenters. The average molecular weight is 249 g/mol. The summed E-state index contributed by atoms with van der Waals surface area (Å²) in [6.07, 6.45) is 2.52. The predicted molar refractivity (Wildman–Crippen MR) is 68.1 cm³/mol. The van der Waals surface area contributed by atoms with E-state index < -0.39 is 0 Å². The molecule has 0 bridgehead atoms. The van der Waals surface area contributed by atoms with Crippen LogP contribution in [0.15, 0.2) is 24.3 Å². The van der Waals surface area contributed by atoms with E-state index in [0.29, 0.717) is 6.61 Å². The molecule has 1 aromatic rings. The Kier molecular flexibility index (Phi) is 4.20. The van der Waals surface area contributed by atoms with Gasteiger partial charge in [0.2, 0.25) is 0 Å². The summed E-state index contributed by atoms with van der Waals surface area (Å²) in [6, 6.07) is 7.66. The second-order valence-corrected chi connectivity index (χ2v) is 4.73. The number of rotatable bonds is 4. The van der Waals surface area contributed by atoms with Crippen LogP contribution < -0.4 is 10.5 Å². The number of hydrogen-bond acceptors (Lipinski definition) is 4. The largest absolute Gasteiger partial charge is 0.497 e. The quantitative estimate of drug-likeness (QED) is 0.827. The molecule has 1 aliphatic carbocycles. The van der Waals surface area contributed by atoms with Gasteiger partial charge in [0, 0.05) is 6.04 Å². The van der Waals surface area contributed by atoms with E-state index in [4.69, 9.17) is 15.2 Å². The molecule has 0 radical (unpaired) electrons. The zero-order chi connectivity index (χ0) is 13.0. The van der Waals surface area contributed by atoms with Gasteiger partial charge < -0.3 is 15.2 Å². The highest BCUT2D eigenvalue weighted by Gasteiger charge is 2.28. The van der Waals surface area contributed by atoms with Crippen LogP contribution in [0.4, 0.5) is 0 Å². The Balaban J connectivity index is 1.81. The summed E-state index contributed by atoms with van der Waals surface area (Å²) < 4.78 is 10.4. The van der Waals surface area contributed by atoms with Crippen LogP contribution in [-0.4, -0.2) is 19.1 Å². The van der Waals surface area contributed by atoms with E-state index >= 15 is 0 Å². The Morgan fingerprint density at radius 2 is 2.06 bits per heavy atom. The van der Waals surface area contributed by atoms with Gasteiger partial charge in [0.1, 0.15) is 12.4 Å². The van der Waals surface area contributed by atoms with Gasteiger partial charge in [-0.25, -0.2) is 0 Å². The normalized spacial score (nSPS) is 22.8. The minimum atomic E-state index is -0.126. The molecule has 2 rings (SSSR count). The van der Waals surface area contributed by atoms with Crippen molar-refractivity contribution in [2.45, 2.75) is 31.9 Å². The summed E-state index contributed by atoms with van der Waals surface area (Å²) in [4.78, 5) is 11.8. The molecule has 0 aliphatic heterocycles. The predicted octanol–water partition coefficient (Wildman–Crippen LogP) is 1.87. The lowest BCUT2D eigenvalue weighted by molar-refractivity contribution is -0.149. The summed E-state index contributed by atoms with van der Waals surface area (Å²) in [6.45, 7) is 0.314. The molecular formula is C14H19NO3. The van der Waals surface area contributed by atoms with E-state index in [1.54, 1.807) is 7.11 Å². The lowest BCUT2D eigenvalue weighted by Gasteiger charge is -2.10. The van der Waals surface area contributed by atoms with Crippen LogP contribution in [0.2, 0.25) is 0 Å². The minimum Gasteiger partial charge on any atom is -0.497 e. The zero-order valence-corrected chi connectivity index (χ0v) is 10.6. The number of esters is 1. The number of carbonyl (C=O) groups is 1. The molecule has 1 aliphatic rings. The standard InChI is InChI=1S/C14H19NO3/c1-17-13-6-2-10(3-7-13)9-18-14(16)11-4-5-12(15)8-11/h2-3,6-7,11-12H,4-5,8-9,15H2,1H3. The molecule has 0 aromatic heterocycles. The van der Waals surface area contributed by atoms with E-state index in [2.05, 4.69) is 0 Å². The highest BCUT2D eigenvalue weighted by atomic mass is 16.5. The Hall–Kier alpha value is -1.55. The van der Waals surface area contributed by atoms with Gasteiger partial charge in [0.05, 0.1) is 13.0 Å². The van der Waals surface area contributed by atoms with Gasteiger partial charge in [0.15, 0.2) is 0 Å². The van der Waals surface area contributed by atoms with Crippen LogP contribution in [0.3, 0.4) is 0 Å². The molecule has 2 N–H and O–H groups in total. The van der Waals surface area contributed by atoms with Gasteiger partial charge in [0.25, 0.3) is 0 Å². The zero-order valence-electron chi connectivity index (χ0n) is 10.6. The topological polar surface area (TPSA) is 61.5 Å². The second-order valence-electron chi connectivity index (χ2n) is 4.73. The van der Waals surface area contributed by atoms with Crippen molar-refractivity contribution in [3.8, 4) is 5.75 Å². The third kappa shape index (κ3) is 3.23. The van der Waals surface area contributed by atoms with Crippen molar-refractivity contribution in [1.29, 1.82) is 0 Å². The summed E-state index contributed by atoms with van der Waals surface area (Å²) >= 11 is 0. The molecule has 1 fully saturated rings. The fourth-order valence-corrected chi connectivity index (χ4v) is 2.22. The van der Waals surface area contributed by atoms with Crippen LogP contribution in [0, 0.1) is 5.92 Å². The summed E-state index contributed by atoms with van der Waals surface area (Å²) in [5.41, 5.74) is 6.74. The molecule has 1 aromatic carbocycles. The number of carbonyl (C=O) groups excluding carboxylic acids is 1. The van der Waals surface area contributed by atoms with E-state index in [1.807, 2.05) is 24.3 Å². The first-order chi connectivity index (χ1) is 8.69. The summed E-state index contributed by atoms with van der Waals surface area (Å²) in [5.74, 6) is 0.656. The van der Waals surface area contributed by atoms with Crippen LogP contribution in [0.1, 0.15) is 24.8 Å². The molecule has 0 amide bonds. The molecule has 1 saturated carbocycles. The molecule has 4 heteroatoms. The van der Waals surface area contributed by atoms with E-state index in [0.717, 1.165) is 30.6 Å². The van der Waals surface area contributed by atoms with Gasteiger partial charge in [-0.3, -0.25) is 4.79 Å². The first kappa shape index (κ1) is 12.9. The third-order valence-corrected chi connectivity index (χ3v) is 3.35. The summed E-state index contributed by atoms with van der Waals surface area (Å²) in [7, 11) is 1.62. The SMILES string of the molecule is COc1ccc(COC(=O)C2CCC(N)C2)cc1. The fraction of sp³-hybridized carbons (Fsp3) is 0.500. The fourth-order valence-electron chi connectivity index (χ4n) is 2.22. The maximum atomic E-state index is 11.8.